The van der Waals surface area contributed by atoms with Crippen molar-refractivity contribution in [1.82, 2.24) is 4.90 Å². The van der Waals surface area contributed by atoms with Crippen molar-refractivity contribution in [2.75, 3.05) is 26.2 Å². The molecule has 2 N–H and O–H groups in total. The fourth-order valence-electron chi connectivity index (χ4n) is 4.49. The first-order valence-corrected chi connectivity index (χ1v) is 8.86. The molecular formula is C19H26FNO3. The van der Waals surface area contributed by atoms with E-state index in [1.165, 1.54) is 12.1 Å². The monoisotopic (exact) mass is 335 g/mol. The van der Waals surface area contributed by atoms with E-state index in [1.807, 2.05) is 6.07 Å². The number of aliphatic hydroxyl groups is 1. The number of benzene rings is 1. The van der Waals surface area contributed by atoms with Gasteiger partial charge in [-0.25, -0.2) is 4.39 Å². The highest BCUT2D eigenvalue weighted by atomic mass is 19.1. The number of aliphatic hydroxyl groups excluding tert-OH is 1. The predicted molar refractivity (Wildman–Crippen MR) is 89.3 cm³/mol. The van der Waals surface area contributed by atoms with Gasteiger partial charge in [0.15, 0.2) is 0 Å². The zero-order valence-electron chi connectivity index (χ0n) is 14.0. The SMILES string of the molecule is O=C(O)C1(CN2CC(CO)C(c3cccc(F)c3)C2)CCCCC1. The van der Waals surface area contributed by atoms with Crippen molar-refractivity contribution in [2.24, 2.45) is 11.3 Å². The van der Waals surface area contributed by atoms with E-state index in [-0.39, 0.29) is 24.3 Å². The summed E-state index contributed by atoms with van der Waals surface area (Å²) in [6, 6.07) is 6.55. The molecule has 24 heavy (non-hydrogen) atoms. The first kappa shape index (κ1) is 17.4. The maximum Gasteiger partial charge on any atom is 0.310 e. The summed E-state index contributed by atoms with van der Waals surface area (Å²) in [4.78, 5) is 14.0. The smallest absolute Gasteiger partial charge is 0.310 e. The van der Waals surface area contributed by atoms with Crippen LogP contribution in [0.1, 0.15) is 43.6 Å². The molecule has 1 heterocycles. The molecule has 4 nitrogen and oxygen atoms in total. The molecule has 3 rings (SSSR count). The highest BCUT2D eigenvalue weighted by Crippen LogP contribution is 2.40. The number of carbonyl (C=O) groups is 1. The summed E-state index contributed by atoms with van der Waals surface area (Å²) in [5, 5.41) is 19.5. The fraction of sp³-hybridized carbons (Fsp3) is 0.632. The number of hydrogen-bond acceptors (Lipinski definition) is 3. The summed E-state index contributed by atoms with van der Waals surface area (Å²) < 4.78 is 13.5. The summed E-state index contributed by atoms with van der Waals surface area (Å²) in [5.74, 6) is -0.879. The normalized spacial score (nSPS) is 27.2. The summed E-state index contributed by atoms with van der Waals surface area (Å²) in [7, 11) is 0. The average Bonchev–Trinajstić information content (AvgIpc) is 2.98. The number of carboxylic acids is 1. The van der Waals surface area contributed by atoms with Crippen LogP contribution >= 0.6 is 0 Å². The molecule has 2 unspecified atom stereocenters. The lowest BCUT2D eigenvalue weighted by atomic mass is 9.73. The molecule has 0 bridgehead atoms. The van der Waals surface area contributed by atoms with Crippen LogP contribution in [0.2, 0.25) is 0 Å². The van der Waals surface area contributed by atoms with E-state index in [0.717, 1.165) is 37.7 Å². The summed E-state index contributed by atoms with van der Waals surface area (Å²) in [6.07, 6.45) is 4.51. The molecule has 1 aliphatic carbocycles. The quantitative estimate of drug-likeness (QED) is 0.869. The Kier molecular flexibility index (Phi) is 5.21. The molecule has 2 aliphatic rings. The van der Waals surface area contributed by atoms with Gasteiger partial charge in [0, 0.05) is 38.1 Å². The summed E-state index contributed by atoms with van der Waals surface area (Å²) in [5.41, 5.74) is 0.235. The van der Waals surface area contributed by atoms with E-state index < -0.39 is 11.4 Å². The molecule has 0 radical (unpaired) electrons. The molecule has 1 saturated carbocycles. The molecule has 0 spiro atoms. The standard InChI is InChI=1S/C19H26FNO3/c20-16-6-4-5-14(9-16)17-11-21(10-15(17)12-22)13-19(18(23)24)7-2-1-3-8-19/h4-6,9,15,17,22H,1-3,7-8,10-13H2,(H,23,24). The van der Waals surface area contributed by atoms with Gasteiger partial charge in [0.2, 0.25) is 0 Å². The largest absolute Gasteiger partial charge is 0.481 e. The van der Waals surface area contributed by atoms with Crippen LogP contribution in [-0.2, 0) is 4.79 Å². The van der Waals surface area contributed by atoms with Gasteiger partial charge in [-0.2, -0.15) is 0 Å². The Morgan fingerprint density at radius 1 is 1.25 bits per heavy atom. The van der Waals surface area contributed by atoms with E-state index in [0.29, 0.717) is 19.6 Å². The van der Waals surface area contributed by atoms with Crippen molar-refractivity contribution >= 4 is 5.97 Å². The second kappa shape index (κ2) is 7.19. The topological polar surface area (TPSA) is 60.8 Å². The lowest BCUT2D eigenvalue weighted by molar-refractivity contribution is -0.152. The third kappa shape index (κ3) is 3.47. The number of likely N-dealkylation sites (tertiary alicyclic amines) is 1. The summed E-state index contributed by atoms with van der Waals surface area (Å²) >= 11 is 0. The lowest BCUT2D eigenvalue weighted by Crippen LogP contribution is -2.44. The van der Waals surface area contributed by atoms with Crippen LogP contribution in [0, 0.1) is 17.2 Å². The van der Waals surface area contributed by atoms with Crippen LogP contribution in [0.3, 0.4) is 0 Å². The van der Waals surface area contributed by atoms with E-state index in [2.05, 4.69) is 4.90 Å². The van der Waals surface area contributed by atoms with Gasteiger partial charge in [-0.05, 0) is 30.5 Å². The maximum atomic E-state index is 13.5. The van der Waals surface area contributed by atoms with Gasteiger partial charge < -0.3 is 15.1 Å². The number of carboxylic acid groups (broad SMARTS) is 1. The minimum absolute atomic E-state index is 0.0289. The third-order valence-corrected chi connectivity index (χ3v) is 5.82. The minimum Gasteiger partial charge on any atom is -0.481 e. The van der Waals surface area contributed by atoms with Gasteiger partial charge in [-0.1, -0.05) is 31.4 Å². The molecule has 1 aliphatic heterocycles. The Bertz CT molecular complexity index is 586. The average molecular weight is 335 g/mol. The van der Waals surface area contributed by atoms with Crippen LogP contribution in [0.25, 0.3) is 0 Å². The highest BCUT2D eigenvalue weighted by molar-refractivity contribution is 5.75. The zero-order valence-corrected chi connectivity index (χ0v) is 14.0. The van der Waals surface area contributed by atoms with Crippen LogP contribution in [0.4, 0.5) is 4.39 Å². The Morgan fingerprint density at radius 2 is 2.00 bits per heavy atom. The number of nitrogens with zero attached hydrogens (tertiary/aromatic N) is 1. The van der Waals surface area contributed by atoms with Crippen LogP contribution < -0.4 is 0 Å². The van der Waals surface area contributed by atoms with Crippen molar-refractivity contribution in [2.45, 2.75) is 38.0 Å². The molecule has 1 saturated heterocycles. The van der Waals surface area contributed by atoms with Gasteiger partial charge in [0.1, 0.15) is 5.82 Å². The molecule has 1 aromatic carbocycles. The molecule has 2 fully saturated rings. The van der Waals surface area contributed by atoms with Crippen molar-refractivity contribution < 1.29 is 19.4 Å². The molecule has 132 valence electrons. The van der Waals surface area contributed by atoms with Crippen molar-refractivity contribution in [1.29, 1.82) is 0 Å². The maximum absolute atomic E-state index is 13.5. The Morgan fingerprint density at radius 3 is 2.62 bits per heavy atom. The lowest BCUT2D eigenvalue weighted by Gasteiger charge is -2.36. The van der Waals surface area contributed by atoms with Gasteiger partial charge in [-0.3, -0.25) is 4.79 Å². The van der Waals surface area contributed by atoms with Crippen LogP contribution in [0.15, 0.2) is 24.3 Å². The molecule has 1 aromatic rings. The highest BCUT2D eigenvalue weighted by Gasteiger charge is 2.44. The van der Waals surface area contributed by atoms with Gasteiger partial charge in [0.05, 0.1) is 5.41 Å². The van der Waals surface area contributed by atoms with E-state index in [1.54, 1.807) is 6.07 Å². The molecule has 0 aromatic heterocycles. The number of aliphatic carboxylic acids is 1. The van der Waals surface area contributed by atoms with Gasteiger partial charge in [0.25, 0.3) is 0 Å². The van der Waals surface area contributed by atoms with Crippen molar-refractivity contribution in [3.05, 3.63) is 35.6 Å². The second-order valence-electron chi connectivity index (χ2n) is 7.44. The van der Waals surface area contributed by atoms with Crippen molar-refractivity contribution in [3.63, 3.8) is 0 Å². The third-order valence-electron chi connectivity index (χ3n) is 5.82. The summed E-state index contributed by atoms with van der Waals surface area (Å²) in [6.45, 7) is 1.93. The number of halogens is 1. The molecule has 2 atom stereocenters. The number of rotatable bonds is 5. The van der Waals surface area contributed by atoms with Gasteiger partial charge >= 0.3 is 5.97 Å². The van der Waals surface area contributed by atoms with E-state index >= 15 is 0 Å². The Hall–Kier alpha value is -1.46. The van der Waals surface area contributed by atoms with Crippen LogP contribution in [-0.4, -0.2) is 47.3 Å². The second-order valence-corrected chi connectivity index (χ2v) is 7.44. The van der Waals surface area contributed by atoms with Crippen LogP contribution in [0.5, 0.6) is 0 Å². The minimum atomic E-state index is -0.697. The first-order valence-electron chi connectivity index (χ1n) is 8.86. The Balaban J connectivity index is 1.75. The van der Waals surface area contributed by atoms with Gasteiger partial charge in [-0.15, -0.1) is 0 Å². The first-order chi connectivity index (χ1) is 11.5. The predicted octanol–water partition coefficient (Wildman–Crippen LogP) is 2.87. The molecular weight excluding hydrogens is 309 g/mol. The zero-order chi connectivity index (χ0) is 17.2. The number of hydrogen-bond donors (Lipinski definition) is 2. The fourth-order valence-corrected chi connectivity index (χ4v) is 4.49. The van der Waals surface area contributed by atoms with E-state index in [4.69, 9.17) is 0 Å². The van der Waals surface area contributed by atoms with E-state index in [9.17, 15) is 19.4 Å². The molecule has 0 amide bonds. The van der Waals surface area contributed by atoms with Crippen molar-refractivity contribution in [3.8, 4) is 0 Å². The Labute approximate surface area is 142 Å². The molecule has 5 heteroatoms.